The van der Waals surface area contributed by atoms with Gasteiger partial charge in [-0.2, -0.15) is 4.98 Å². The van der Waals surface area contributed by atoms with Crippen molar-refractivity contribution in [3.05, 3.63) is 77.0 Å². The molecule has 1 N–H and O–H groups in total. The molecule has 166 valence electrons. The molecule has 4 rings (SSSR count). The molecular formula is C20H12BrF4N3O3S. The maximum absolute atomic E-state index is 13.8. The molecule has 12 heteroatoms. The van der Waals surface area contributed by atoms with Gasteiger partial charge >= 0.3 is 12.3 Å². The van der Waals surface area contributed by atoms with Crippen molar-refractivity contribution in [2.75, 3.05) is 9.62 Å². The summed E-state index contributed by atoms with van der Waals surface area (Å²) in [4.78, 5) is 3.68. The van der Waals surface area contributed by atoms with E-state index in [4.69, 9.17) is 4.42 Å². The van der Waals surface area contributed by atoms with Gasteiger partial charge in [-0.15, -0.1) is 13.2 Å². The van der Waals surface area contributed by atoms with Crippen LogP contribution in [0.1, 0.15) is 0 Å². The Bertz CT molecular complexity index is 1370. The number of halogens is 5. The fourth-order valence-electron chi connectivity index (χ4n) is 2.87. The minimum Gasteiger partial charge on any atom is -0.423 e. The van der Waals surface area contributed by atoms with Crippen LogP contribution in [0, 0.1) is 5.82 Å². The summed E-state index contributed by atoms with van der Waals surface area (Å²) in [6, 6.07) is 12.6. The summed E-state index contributed by atoms with van der Waals surface area (Å²) in [5, 5.41) is 0. The molecule has 0 saturated heterocycles. The van der Waals surface area contributed by atoms with Crippen molar-refractivity contribution in [3.63, 3.8) is 0 Å². The van der Waals surface area contributed by atoms with Crippen molar-refractivity contribution in [3.8, 4) is 0 Å². The number of benzene rings is 3. The van der Waals surface area contributed by atoms with Gasteiger partial charge in [0.15, 0.2) is 5.58 Å². The molecule has 6 nitrogen and oxygen atoms in total. The number of hydrogen-bond acceptors (Lipinski definition) is 5. The molecule has 0 aliphatic carbocycles. The van der Waals surface area contributed by atoms with Crippen molar-refractivity contribution >= 4 is 54.4 Å². The van der Waals surface area contributed by atoms with E-state index in [0.29, 0.717) is 4.47 Å². The van der Waals surface area contributed by atoms with Gasteiger partial charge in [0.05, 0.1) is 10.6 Å². The number of hydrogen-bond donors (Lipinski definition) is 1. The second-order valence-corrected chi connectivity index (χ2v) is 9.03. The number of anilines is 3. The molecule has 3 aromatic carbocycles. The Morgan fingerprint density at radius 1 is 0.969 bits per heavy atom. The molecule has 1 heterocycles. The van der Waals surface area contributed by atoms with Crippen LogP contribution in [0.5, 0.6) is 0 Å². The third-order valence-corrected chi connectivity index (χ3v) is 6.34. The van der Waals surface area contributed by atoms with E-state index in [0.717, 1.165) is 48.5 Å². The van der Waals surface area contributed by atoms with Crippen LogP contribution in [-0.2, 0) is 10.0 Å². The Hall–Kier alpha value is -3.12. The van der Waals surface area contributed by atoms with Gasteiger partial charge in [0, 0.05) is 10.2 Å². The number of rotatable bonds is 5. The molecule has 0 aliphatic heterocycles. The summed E-state index contributed by atoms with van der Waals surface area (Å²) >= 11 is 3.22. The molecule has 0 saturated carbocycles. The van der Waals surface area contributed by atoms with Crippen LogP contribution in [0.25, 0.3) is 11.1 Å². The lowest BCUT2D eigenvalue weighted by atomic mass is 10.2. The first-order valence-electron chi connectivity index (χ1n) is 8.85. The second kappa shape index (κ2) is 8.10. The van der Waals surface area contributed by atoms with Crippen LogP contribution in [-0.4, -0.2) is 19.7 Å². The largest absolute Gasteiger partial charge is 0.492 e. The minimum absolute atomic E-state index is 0.0144. The molecule has 0 atom stereocenters. The van der Waals surface area contributed by atoms with Crippen LogP contribution in [0.4, 0.5) is 35.0 Å². The highest BCUT2D eigenvalue weighted by atomic mass is 79.9. The van der Waals surface area contributed by atoms with Crippen LogP contribution in [0.3, 0.4) is 0 Å². The molecule has 0 unspecified atom stereocenters. The average molecular weight is 530 g/mol. The number of sulfonamides is 1. The summed E-state index contributed by atoms with van der Waals surface area (Å²) in [6.07, 6.45) is -4.87. The van der Waals surface area contributed by atoms with Crippen molar-refractivity contribution in [2.24, 2.45) is 0 Å². The number of nitrogens with one attached hydrogen (secondary N) is 1. The second-order valence-electron chi connectivity index (χ2n) is 6.49. The van der Waals surface area contributed by atoms with E-state index in [1.54, 1.807) is 12.1 Å². The Kier molecular flexibility index (Phi) is 5.59. The lowest BCUT2D eigenvalue weighted by Crippen LogP contribution is -2.33. The van der Waals surface area contributed by atoms with Gasteiger partial charge in [-0.1, -0.05) is 6.07 Å². The van der Waals surface area contributed by atoms with Crippen LogP contribution >= 0.6 is 15.9 Å². The van der Waals surface area contributed by atoms with Crippen LogP contribution < -0.4 is 9.62 Å². The van der Waals surface area contributed by atoms with Gasteiger partial charge in [0.1, 0.15) is 11.3 Å². The first-order valence-corrected chi connectivity index (χ1v) is 11.1. The first-order chi connectivity index (χ1) is 15.0. The Labute approximate surface area is 187 Å². The predicted molar refractivity (Wildman–Crippen MR) is 114 cm³/mol. The van der Waals surface area contributed by atoms with Gasteiger partial charge in [-0.25, -0.2) is 17.7 Å². The van der Waals surface area contributed by atoms with E-state index < -0.39 is 28.2 Å². The summed E-state index contributed by atoms with van der Waals surface area (Å²) < 4.78 is 87.3. The average Bonchev–Trinajstić information content (AvgIpc) is 3.13. The third kappa shape index (κ3) is 4.41. The van der Waals surface area contributed by atoms with E-state index in [-0.39, 0.29) is 32.3 Å². The van der Waals surface area contributed by atoms with Crippen molar-refractivity contribution in [1.82, 2.24) is 4.98 Å². The maximum atomic E-state index is 13.8. The highest BCUT2D eigenvalue weighted by molar-refractivity contribution is 9.10. The lowest BCUT2D eigenvalue weighted by Gasteiger charge is -2.23. The van der Waals surface area contributed by atoms with Gasteiger partial charge in [-0.05, 0) is 76.6 Å². The van der Waals surface area contributed by atoms with Gasteiger partial charge in [0.2, 0.25) is 0 Å². The number of aromatic nitrogens is 1. The lowest BCUT2D eigenvalue weighted by molar-refractivity contribution is -0.123. The Balaban J connectivity index is 1.65. The summed E-state index contributed by atoms with van der Waals surface area (Å²) in [6.45, 7) is 0. The van der Waals surface area contributed by atoms with Gasteiger partial charge in [-0.3, -0.25) is 4.72 Å². The molecule has 0 fully saturated rings. The molecule has 32 heavy (non-hydrogen) atoms. The standard InChI is InChI=1S/C20H12BrF4N3O3S/c21-16-2-1-3-17-18(16)26-19(31-17)28(20(23,24)25)14-8-6-13(7-9-14)27-32(29,30)15-10-4-12(22)5-11-15/h1-11,27H. The number of oxazole rings is 1. The molecule has 1 aromatic heterocycles. The monoisotopic (exact) mass is 529 g/mol. The van der Waals surface area contributed by atoms with E-state index in [2.05, 4.69) is 25.6 Å². The SMILES string of the molecule is O=S(=O)(Nc1ccc(N(c2nc3c(Br)cccc3o2)C(F)(F)F)cc1)c1ccc(F)cc1. The summed E-state index contributed by atoms with van der Waals surface area (Å²) in [7, 11) is -4.05. The van der Waals surface area contributed by atoms with Crippen molar-refractivity contribution in [2.45, 2.75) is 11.2 Å². The number of nitrogens with zero attached hydrogens (tertiary/aromatic N) is 2. The molecule has 0 aliphatic rings. The molecule has 0 spiro atoms. The minimum atomic E-state index is -4.87. The van der Waals surface area contributed by atoms with Crippen molar-refractivity contribution < 1.29 is 30.4 Å². The van der Waals surface area contributed by atoms with Gasteiger partial charge in [0.25, 0.3) is 10.0 Å². The van der Waals surface area contributed by atoms with Gasteiger partial charge < -0.3 is 4.42 Å². The Morgan fingerprint density at radius 2 is 1.62 bits per heavy atom. The highest BCUT2D eigenvalue weighted by Crippen LogP contribution is 2.39. The quantitative estimate of drug-likeness (QED) is 0.246. The molecule has 4 aromatic rings. The van der Waals surface area contributed by atoms with E-state index in [1.807, 2.05) is 0 Å². The predicted octanol–water partition coefficient (Wildman–Crippen LogP) is 6.19. The van der Waals surface area contributed by atoms with Crippen molar-refractivity contribution in [1.29, 1.82) is 0 Å². The molecule has 0 bridgehead atoms. The smallest absolute Gasteiger partial charge is 0.423 e. The normalized spacial score (nSPS) is 12.2. The van der Waals surface area contributed by atoms with E-state index in [1.165, 1.54) is 6.07 Å². The summed E-state index contributed by atoms with van der Waals surface area (Å²) in [5.74, 6) is -0.605. The van der Waals surface area contributed by atoms with E-state index in [9.17, 15) is 26.0 Å². The fraction of sp³-hybridized carbons (Fsp3) is 0.0500. The topological polar surface area (TPSA) is 75.4 Å². The fourth-order valence-corrected chi connectivity index (χ4v) is 4.37. The van der Waals surface area contributed by atoms with Crippen LogP contribution in [0.2, 0.25) is 0 Å². The Morgan fingerprint density at radius 3 is 2.22 bits per heavy atom. The zero-order chi connectivity index (χ0) is 23.1. The zero-order valence-corrected chi connectivity index (χ0v) is 18.2. The molecule has 0 radical (unpaired) electrons. The van der Waals surface area contributed by atoms with Crippen LogP contribution in [0.15, 0.2) is 80.5 Å². The maximum Gasteiger partial charge on any atom is 0.492 e. The number of alkyl halides is 3. The summed E-state index contributed by atoms with van der Waals surface area (Å²) in [5.41, 5.74) is 0.0538. The number of fused-ring (bicyclic) bond motifs is 1. The zero-order valence-electron chi connectivity index (χ0n) is 15.8. The molecule has 0 amide bonds. The molecular weight excluding hydrogens is 518 g/mol. The van der Waals surface area contributed by atoms with E-state index >= 15 is 0 Å². The number of para-hydroxylation sites is 1. The first kappa shape index (κ1) is 22.1. The third-order valence-electron chi connectivity index (χ3n) is 4.30. The highest BCUT2D eigenvalue weighted by Gasteiger charge is 2.42.